The molecule has 2 rings (SSSR count). The highest BCUT2D eigenvalue weighted by Gasteiger charge is 2.13. The van der Waals surface area contributed by atoms with Crippen LogP contribution in [-0.4, -0.2) is 30.4 Å². The molecule has 0 aliphatic rings. The molecule has 0 spiro atoms. The number of nitrogens with zero attached hydrogens (tertiary/aromatic N) is 1. The van der Waals surface area contributed by atoms with Crippen molar-refractivity contribution in [2.75, 3.05) is 12.4 Å². The minimum atomic E-state index is -0.508. The Labute approximate surface area is 162 Å². The molecule has 0 aliphatic heterocycles. The molecule has 2 aromatic carbocycles. The zero-order valence-corrected chi connectivity index (χ0v) is 16.8. The van der Waals surface area contributed by atoms with Crippen molar-refractivity contribution in [2.24, 2.45) is 5.10 Å². The molecule has 132 valence electrons. The van der Waals surface area contributed by atoms with Crippen LogP contribution in [-0.2, 0) is 4.79 Å². The van der Waals surface area contributed by atoms with Crippen LogP contribution >= 0.6 is 31.9 Å². The first-order valence-corrected chi connectivity index (χ1v) is 8.91. The van der Waals surface area contributed by atoms with E-state index in [0.29, 0.717) is 20.3 Å². The van der Waals surface area contributed by atoms with E-state index in [1.807, 2.05) is 24.3 Å². The lowest BCUT2D eigenvalue weighted by atomic mass is 10.2. The number of carbonyl (C=O) groups is 1. The highest BCUT2D eigenvalue weighted by atomic mass is 79.9. The summed E-state index contributed by atoms with van der Waals surface area (Å²) in [7, 11) is 1.57. The van der Waals surface area contributed by atoms with E-state index in [1.165, 1.54) is 6.21 Å². The number of hydrogen-bond donors (Lipinski definition) is 3. The standard InChI is InChI=1S/C17H17Br2N3O3/c1-10(21-14-5-3-4-6-15(14)25-2)17(24)22-20-9-11-7-12(18)16(23)13(19)8-11/h3-10,21,23H,1-2H3,(H,22,24)/b20-9+. The molecule has 0 bridgehead atoms. The second kappa shape index (κ2) is 8.87. The molecular formula is C17H17Br2N3O3. The van der Waals surface area contributed by atoms with Crippen molar-refractivity contribution < 1.29 is 14.6 Å². The van der Waals surface area contributed by atoms with Gasteiger partial charge in [0.25, 0.3) is 5.91 Å². The molecule has 3 N–H and O–H groups in total. The molecule has 1 unspecified atom stereocenters. The van der Waals surface area contributed by atoms with E-state index in [0.717, 1.165) is 5.69 Å². The summed E-state index contributed by atoms with van der Waals surface area (Å²) in [5, 5.41) is 16.7. The number of benzene rings is 2. The maximum absolute atomic E-state index is 12.1. The maximum Gasteiger partial charge on any atom is 0.262 e. The van der Waals surface area contributed by atoms with Crippen molar-refractivity contribution in [1.82, 2.24) is 5.43 Å². The number of hydrazone groups is 1. The summed E-state index contributed by atoms with van der Waals surface area (Å²) in [5.41, 5.74) is 3.91. The fourth-order valence-corrected chi connectivity index (χ4v) is 3.21. The first-order valence-electron chi connectivity index (χ1n) is 7.33. The molecule has 0 aliphatic carbocycles. The number of carbonyl (C=O) groups excluding carboxylic acids is 1. The fourth-order valence-electron chi connectivity index (χ4n) is 1.99. The molecule has 1 amide bonds. The van der Waals surface area contributed by atoms with Gasteiger partial charge in [0.15, 0.2) is 0 Å². The van der Waals surface area contributed by atoms with E-state index in [4.69, 9.17) is 4.74 Å². The van der Waals surface area contributed by atoms with E-state index >= 15 is 0 Å². The zero-order chi connectivity index (χ0) is 18.4. The van der Waals surface area contributed by atoms with Crippen LogP contribution in [0, 0.1) is 0 Å². The molecule has 0 saturated carbocycles. The smallest absolute Gasteiger partial charge is 0.262 e. The number of amides is 1. The first kappa shape index (κ1) is 19.3. The summed E-state index contributed by atoms with van der Waals surface area (Å²) in [6.45, 7) is 1.73. The Morgan fingerprint density at radius 3 is 2.56 bits per heavy atom. The third-order valence-electron chi connectivity index (χ3n) is 3.30. The summed E-state index contributed by atoms with van der Waals surface area (Å²) in [6.07, 6.45) is 1.49. The highest BCUT2D eigenvalue weighted by molar-refractivity contribution is 9.11. The average Bonchev–Trinajstić information content (AvgIpc) is 2.59. The highest BCUT2D eigenvalue weighted by Crippen LogP contribution is 2.32. The molecular weight excluding hydrogens is 454 g/mol. The number of methoxy groups -OCH3 is 1. The van der Waals surface area contributed by atoms with Crippen molar-refractivity contribution in [3.05, 3.63) is 50.9 Å². The van der Waals surface area contributed by atoms with E-state index in [9.17, 15) is 9.90 Å². The van der Waals surface area contributed by atoms with Gasteiger partial charge in [0, 0.05) is 0 Å². The van der Waals surface area contributed by atoms with Crippen molar-refractivity contribution in [3.63, 3.8) is 0 Å². The van der Waals surface area contributed by atoms with Gasteiger partial charge >= 0.3 is 0 Å². The third-order valence-corrected chi connectivity index (χ3v) is 4.51. The minimum absolute atomic E-state index is 0.107. The zero-order valence-electron chi connectivity index (χ0n) is 13.6. The second-order valence-corrected chi connectivity index (χ2v) is 6.84. The van der Waals surface area contributed by atoms with Gasteiger partial charge in [-0.3, -0.25) is 4.79 Å². The van der Waals surface area contributed by atoms with E-state index in [-0.39, 0.29) is 11.7 Å². The Bertz CT molecular complexity index is 773. The maximum atomic E-state index is 12.1. The molecule has 0 radical (unpaired) electrons. The van der Waals surface area contributed by atoms with Crippen LogP contribution in [0.15, 0.2) is 50.4 Å². The van der Waals surface area contributed by atoms with Gasteiger partial charge in [0.1, 0.15) is 17.5 Å². The van der Waals surface area contributed by atoms with Crippen LogP contribution in [0.25, 0.3) is 0 Å². The summed E-state index contributed by atoms with van der Waals surface area (Å²) >= 11 is 6.48. The number of halogens is 2. The first-order chi connectivity index (χ1) is 11.9. The number of nitrogens with one attached hydrogen (secondary N) is 2. The summed E-state index contributed by atoms with van der Waals surface area (Å²) < 4.78 is 6.30. The van der Waals surface area contributed by atoms with Gasteiger partial charge in [-0.1, -0.05) is 12.1 Å². The van der Waals surface area contributed by atoms with Gasteiger partial charge < -0.3 is 15.2 Å². The van der Waals surface area contributed by atoms with Gasteiger partial charge in [-0.2, -0.15) is 5.10 Å². The number of phenols is 1. The van der Waals surface area contributed by atoms with E-state index in [1.54, 1.807) is 26.2 Å². The molecule has 0 fully saturated rings. The lowest BCUT2D eigenvalue weighted by Crippen LogP contribution is -2.35. The van der Waals surface area contributed by atoms with Crippen LogP contribution in [0.2, 0.25) is 0 Å². The fraction of sp³-hybridized carbons (Fsp3) is 0.176. The molecule has 6 nitrogen and oxygen atoms in total. The van der Waals surface area contributed by atoms with Gasteiger partial charge in [-0.25, -0.2) is 5.43 Å². The Balaban J connectivity index is 1.97. The van der Waals surface area contributed by atoms with Crippen LogP contribution < -0.4 is 15.5 Å². The topological polar surface area (TPSA) is 83.0 Å². The molecule has 1 atom stereocenters. The Hall–Kier alpha value is -2.06. The van der Waals surface area contributed by atoms with Crippen LogP contribution in [0.5, 0.6) is 11.5 Å². The van der Waals surface area contributed by atoms with E-state index in [2.05, 4.69) is 47.7 Å². The number of phenolic OH excluding ortho intramolecular Hbond substituents is 1. The molecule has 25 heavy (non-hydrogen) atoms. The number of ether oxygens (including phenoxy) is 1. The predicted molar refractivity (Wildman–Crippen MR) is 105 cm³/mol. The second-order valence-electron chi connectivity index (χ2n) is 5.13. The Kier molecular flexibility index (Phi) is 6.83. The van der Waals surface area contributed by atoms with Gasteiger partial charge in [-0.15, -0.1) is 0 Å². The van der Waals surface area contributed by atoms with Crippen LogP contribution in [0.1, 0.15) is 12.5 Å². The van der Waals surface area contributed by atoms with Crippen molar-refractivity contribution in [2.45, 2.75) is 13.0 Å². The number of aromatic hydroxyl groups is 1. The molecule has 0 heterocycles. The van der Waals surface area contributed by atoms with Crippen LogP contribution in [0.3, 0.4) is 0 Å². The molecule has 8 heteroatoms. The van der Waals surface area contributed by atoms with E-state index < -0.39 is 6.04 Å². The van der Waals surface area contributed by atoms with Gasteiger partial charge in [-0.05, 0) is 68.6 Å². The number of para-hydroxylation sites is 2. The van der Waals surface area contributed by atoms with Crippen molar-refractivity contribution in [1.29, 1.82) is 0 Å². The van der Waals surface area contributed by atoms with Gasteiger partial charge in [0.2, 0.25) is 0 Å². The molecule has 2 aromatic rings. The summed E-state index contributed by atoms with van der Waals surface area (Å²) in [4.78, 5) is 12.1. The lowest BCUT2D eigenvalue weighted by Gasteiger charge is -2.15. The van der Waals surface area contributed by atoms with Crippen molar-refractivity contribution in [3.8, 4) is 11.5 Å². The third kappa shape index (κ3) is 5.20. The quantitative estimate of drug-likeness (QED) is 0.442. The van der Waals surface area contributed by atoms with Gasteiger partial charge in [0.05, 0.1) is 28.0 Å². The molecule has 0 aromatic heterocycles. The Morgan fingerprint density at radius 1 is 1.28 bits per heavy atom. The summed E-state index contributed by atoms with van der Waals surface area (Å²) in [6, 6.07) is 10.2. The monoisotopic (exact) mass is 469 g/mol. The number of hydrogen-bond acceptors (Lipinski definition) is 5. The predicted octanol–water partition coefficient (Wildman–Crippen LogP) is 3.88. The average molecular weight is 471 g/mol. The minimum Gasteiger partial charge on any atom is -0.506 e. The van der Waals surface area contributed by atoms with Crippen molar-refractivity contribution >= 4 is 49.7 Å². The Morgan fingerprint density at radius 2 is 1.92 bits per heavy atom. The lowest BCUT2D eigenvalue weighted by molar-refractivity contribution is -0.121. The molecule has 0 saturated heterocycles. The largest absolute Gasteiger partial charge is 0.506 e. The SMILES string of the molecule is COc1ccccc1NC(C)C(=O)N/N=C/c1cc(Br)c(O)c(Br)c1. The number of anilines is 1. The van der Waals surface area contributed by atoms with Crippen LogP contribution in [0.4, 0.5) is 5.69 Å². The summed E-state index contributed by atoms with van der Waals surface area (Å²) in [5.74, 6) is 0.472. The normalized spacial score (nSPS) is 12.0. The number of rotatable bonds is 6.